The van der Waals surface area contributed by atoms with E-state index in [1.165, 1.54) is 27.5 Å². The summed E-state index contributed by atoms with van der Waals surface area (Å²) in [5.41, 5.74) is 14.0. The predicted octanol–water partition coefficient (Wildman–Crippen LogP) is 13.0. The molecule has 64 heavy (non-hydrogen) atoms. The Morgan fingerprint density at radius 1 is 0.531 bits per heavy atom. The molecule has 308 valence electrons. The first-order chi connectivity index (χ1) is 31.0. The van der Waals surface area contributed by atoms with Crippen LogP contribution in [0.15, 0.2) is 188 Å². The van der Waals surface area contributed by atoms with Gasteiger partial charge in [0.1, 0.15) is 5.82 Å². The minimum Gasteiger partial charge on any atom is -0.510 e. The number of nitrogens with zero attached hydrogens (tertiary/aromatic N) is 5. The van der Waals surface area contributed by atoms with Crippen molar-refractivity contribution in [3.05, 3.63) is 218 Å². The van der Waals surface area contributed by atoms with Gasteiger partial charge in [-0.15, -0.1) is 29.7 Å². The van der Waals surface area contributed by atoms with Crippen LogP contribution in [0.5, 0.6) is 11.5 Å². The molecule has 0 saturated carbocycles. The van der Waals surface area contributed by atoms with Crippen molar-refractivity contribution in [2.24, 2.45) is 0 Å². The Morgan fingerprint density at radius 3 is 1.94 bits per heavy atom. The second kappa shape index (κ2) is 14.5. The molecule has 1 aliphatic carbocycles. The van der Waals surface area contributed by atoms with Crippen molar-refractivity contribution in [1.82, 2.24) is 18.7 Å². The molecule has 7 heteroatoms. The fourth-order valence-electron chi connectivity index (χ4n) is 10.1. The maximum absolute atomic E-state index is 6.69. The average Bonchev–Trinajstić information content (AvgIpc) is 4.05. The molecule has 12 aromatic rings. The monoisotopic (exact) mass is 1000 g/mol. The van der Waals surface area contributed by atoms with Crippen LogP contribution in [-0.2, 0) is 26.5 Å². The fraction of sp³-hybridized carbons (Fsp3) is 0.0526. The van der Waals surface area contributed by atoms with Crippen LogP contribution in [0.2, 0.25) is 0 Å². The molecule has 0 bridgehead atoms. The molecule has 1 aliphatic rings. The van der Waals surface area contributed by atoms with Gasteiger partial charge < -0.3 is 18.4 Å². The Kier molecular flexibility index (Phi) is 8.66. The molecule has 0 saturated heterocycles. The molecule has 0 amide bonds. The second-order valence-corrected chi connectivity index (χ2v) is 16.8. The first-order valence-electron chi connectivity index (χ1n) is 21.3. The summed E-state index contributed by atoms with van der Waals surface area (Å²) in [7, 11) is 0. The van der Waals surface area contributed by atoms with Crippen LogP contribution < -0.4 is 9.30 Å². The summed E-state index contributed by atoms with van der Waals surface area (Å²) in [6.45, 7) is 4.60. The van der Waals surface area contributed by atoms with Gasteiger partial charge in [-0.25, -0.2) is 4.98 Å². The van der Waals surface area contributed by atoms with Crippen molar-refractivity contribution in [2.45, 2.75) is 19.3 Å². The zero-order valence-corrected chi connectivity index (χ0v) is 37.1. The molecule has 0 N–H and O–H groups in total. The van der Waals surface area contributed by atoms with Crippen LogP contribution in [0.1, 0.15) is 25.0 Å². The first kappa shape index (κ1) is 38.2. The van der Waals surface area contributed by atoms with E-state index in [9.17, 15) is 0 Å². The van der Waals surface area contributed by atoms with Gasteiger partial charge in [-0.05, 0) is 64.2 Å². The minimum absolute atomic E-state index is 0. The maximum atomic E-state index is 6.69. The molecule has 8 aromatic carbocycles. The smallest absolute Gasteiger partial charge is 0.268 e. The van der Waals surface area contributed by atoms with E-state index >= 15 is 0 Å². The summed E-state index contributed by atoms with van der Waals surface area (Å²) in [6, 6.07) is 71.0. The number of para-hydroxylation sites is 7. The predicted molar refractivity (Wildman–Crippen MR) is 252 cm³/mol. The van der Waals surface area contributed by atoms with Crippen LogP contribution in [0.4, 0.5) is 0 Å². The molecule has 0 spiro atoms. The number of pyridine rings is 1. The molecule has 0 fully saturated rings. The molecular formula is C57H37N5OPt-2. The number of fused-ring (bicyclic) bond motifs is 10. The van der Waals surface area contributed by atoms with Crippen LogP contribution in [0, 0.1) is 18.5 Å². The number of ether oxygens (including phenoxy) is 1. The number of benzene rings is 8. The van der Waals surface area contributed by atoms with Gasteiger partial charge in [0.15, 0.2) is 0 Å². The van der Waals surface area contributed by atoms with Gasteiger partial charge in [-0.1, -0.05) is 135 Å². The zero-order valence-electron chi connectivity index (χ0n) is 34.9. The molecule has 0 atom stereocenters. The summed E-state index contributed by atoms with van der Waals surface area (Å²) in [5, 5.41) is 4.66. The van der Waals surface area contributed by atoms with E-state index in [-0.39, 0.29) is 26.5 Å². The van der Waals surface area contributed by atoms with Crippen molar-refractivity contribution in [2.75, 3.05) is 0 Å². The molecule has 0 radical (unpaired) electrons. The summed E-state index contributed by atoms with van der Waals surface area (Å²) in [6.07, 6.45) is 5.67. The second-order valence-electron chi connectivity index (χ2n) is 16.8. The quantitative estimate of drug-likeness (QED) is 0.123. The van der Waals surface area contributed by atoms with E-state index in [0.29, 0.717) is 11.5 Å². The number of aromatic nitrogens is 5. The summed E-state index contributed by atoms with van der Waals surface area (Å²) < 4.78 is 15.5. The van der Waals surface area contributed by atoms with Gasteiger partial charge in [0.25, 0.3) is 6.33 Å². The van der Waals surface area contributed by atoms with Gasteiger partial charge in [-0.2, -0.15) is 18.2 Å². The third kappa shape index (κ3) is 5.55. The summed E-state index contributed by atoms with van der Waals surface area (Å²) in [4.78, 5) is 5.10. The maximum Gasteiger partial charge on any atom is 0.268 e. The van der Waals surface area contributed by atoms with Crippen LogP contribution >= 0.6 is 0 Å². The molecule has 6 nitrogen and oxygen atoms in total. The van der Waals surface area contributed by atoms with Gasteiger partial charge in [-0.3, -0.25) is 4.57 Å². The Hall–Kier alpha value is -7.53. The van der Waals surface area contributed by atoms with E-state index in [2.05, 4.69) is 208 Å². The number of hydrogen-bond acceptors (Lipinski definition) is 2. The van der Waals surface area contributed by atoms with E-state index in [1.54, 1.807) is 0 Å². The average molecular weight is 1000 g/mol. The van der Waals surface area contributed by atoms with E-state index < -0.39 is 0 Å². The van der Waals surface area contributed by atoms with Gasteiger partial charge in [0.05, 0.1) is 33.4 Å². The molecule has 4 heterocycles. The molecular weight excluding hydrogens is 966 g/mol. The van der Waals surface area contributed by atoms with Crippen molar-refractivity contribution in [3.63, 3.8) is 0 Å². The van der Waals surface area contributed by atoms with Crippen molar-refractivity contribution in [1.29, 1.82) is 0 Å². The van der Waals surface area contributed by atoms with Gasteiger partial charge >= 0.3 is 0 Å². The van der Waals surface area contributed by atoms with E-state index in [0.717, 1.165) is 72.3 Å². The molecule has 0 aliphatic heterocycles. The SMILES string of the molecule is CC1(C)c2ccccc2-c2c1ccnc2-n1c2[c-]c(Oc3[c-]c(-n4[c-][n+](-c5ccccc5-n5c6ccccc6c6ccccc65)c5ccccc54)ccc3)ccc2c2ccccc21.[Pt]. The van der Waals surface area contributed by atoms with Gasteiger partial charge in [0, 0.05) is 66.0 Å². The third-order valence-corrected chi connectivity index (χ3v) is 13.0. The summed E-state index contributed by atoms with van der Waals surface area (Å²) in [5.74, 6) is 2.05. The third-order valence-electron chi connectivity index (χ3n) is 13.0. The Bertz CT molecular complexity index is 3780. The van der Waals surface area contributed by atoms with Crippen molar-refractivity contribution < 1.29 is 30.4 Å². The van der Waals surface area contributed by atoms with E-state index in [1.807, 2.05) is 30.5 Å². The largest absolute Gasteiger partial charge is 0.510 e. The van der Waals surface area contributed by atoms with Crippen molar-refractivity contribution in [3.8, 4) is 45.5 Å². The zero-order chi connectivity index (χ0) is 41.8. The van der Waals surface area contributed by atoms with Crippen LogP contribution in [0.3, 0.4) is 0 Å². The van der Waals surface area contributed by atoms with Crippen LogP contribution in [0.25, 0.3) is 88.7 Å². The number of rotatable bonds is 6. The molecule has 0 unspecified atom stereocenters. The Balaban J connectivity index is 0.00000433. The minimum atomic E-state index is -0.154. The van der Waals surface area contributed by atoms with E-state index in [4.69, 9.17) is 9.72 Å². The first-order valence-corrected chi connectivity index (χ1v) is 21.3. The van der Waals surface area contributed by atoms with Crippen molar-refractivity contribution >= 4 is 54.6 Å². The Labute approximate surface area is 384 Å². The Morgan fingerprint density at radius 2 is 1.16 bits per heavy atom. The number of hydrogen-bond donors (Lipinski definition) is 0. The van der Waals surface area contributed by atoms with Gasteiger partial charge in [0.2, 0.25) is 0 Å². The standard InChI is InChI=1S/C57H37N5O.Pt/c1-57(2)45-22-7-3-21-44(45)55-46(57)32-33-58-56(55)62-49-25-10-6-20-42(49)43-31-30-39(35-54(43)62)63-38-17-15-16-37(34-38)59-36-60(51-27-12-11-26-50(51)59)52-28-13-14-29-53(52)61-47-23-8-4-18-40(47)41-19-5-9-24-48(41)61;/h3-33H,1-2H3;/q-2;. The fourth-order valence-corrected chi connectivity index (χ4v) is 10.1. The van der Waals surface area contributed by atoms with Crippen LogP contribution in [-0.4, -0.2) is 18.7 Å². The topological polar surface area (TPSA) is 40.8 Å². The normalized spacial score (nSPS) is 12.8. The molecule has 13 rings (SSSR count). The molecule has 4 aromatic heterocycles. The summed E-state index contributed by atoms with van der Waals surface area (Å²) >= 11 is 0. The number of imidazole rings is 1.